The van der Waals surface area contributed by atoms with Gasteiger partial charge in [-0.25, -0.2) is 0 Å². The van der Waals surface area contributed by atoms with Crippen molar-refractivity contribution >= 4 is 5.91 Å². The summed E-state index contributed by atoms with van der Waals surface area (Å²) in [6.45, 7) is 11.1. The van der Waals surface area contributed by atoms with Crippen LogP contribution in [0.1, 0.15) is 55.0 Å². The van der Waals surface area contributed by atoms with Crippen molar-refractivity contribution in [3.8, 4) is 0 Å². The van der Waals surface area contributed by atoms with E-state index in [2.05, 4.69) is 30.7 Å². The third-order valence-corrected chi connectivity index (χ3v) is 2.78. The van der Waals surface area contributed by atoms with Crippen molar-refractivity contribution in [2.75, 3.05) is 6.54 Å². The van der Waals surface area contributed by atoms with E-state index in [0.717, 1.165) is 29.9 Å². The van der Waals surface area contributed by atoms with E-state index in [-0.39, 0.29) is 5.91 Å². The monoisotopic (exact) mass is 222 g/mol. The first kappa shape index (κ1) is 12.8. The van der Waals surface area contributed by atoms with Crippen LogP contribution in [0.4, 0.5) is 0 Å². The lowest BCUT2D eigenvalue weighted by Gasteiger charge is -2.13. The van der Waals surface area contributed by atoms with E-state index in [1.165, 1.54) is 0 Å². The molecule has 1 heterocycles. The number of amides is 1. The standard InChI is InChI=1S/C13H22N2O/c1-6-7-14-13(16)12-8-10(4)15(9(2)3)11(12)5/h8-9H,6-7H2,1-5H3,(H,14,16). The molecule has 0 unspecified atom stereocenters. The quantitative estimate of drug-likeness (QED) is 0.835. The molecule has 1 amide bonds. The molecular formula is C13H22N2O. The van der Waals surface area contributed by atoms with Crippen molar-refractivity contribution in [3.63, 3.8) is 0 Å². The SMILES string of the molecule is CCCNC(=O)c1cc(C)n(C(C)C)c1C. The number of hydrogen-bond donors (Lipinski definition) is 1. The highest BCUT2D eigenvalue weighted by molar-refractivity contribution is 5.95. The Kier molecular flexibility index (Phi) is 4.16. The molecule has 1 rings (SSSR count). The fourth-order valence-electron chi connectivity index (χ4n) is 2.14. The van der Waals surface area contributed by atoms with Crippen molar-refractivity contribution in [3.05, 3.63) is 23.0 Å². The van der Waals surface area contributed by atoms with Gasteiger partial charge in [-0.05, 0) is 40.2 Å². The van der Waals surface area contributed by atoms with Gasteiger partial charge in [0.2, 0.25) is 0 Å². The van der Waals surface area contributed by atoms with Gasteiger partial charge in [-0.1, -0.05) is 6.92 Å². The Bertz CT molecular complexity index is 378. The zero-order valence-electron chi connectivity index (χ0n) is 10.9. The van der Waals surface area contributed by atoms with Gasteiger partial charge in [0.1, 0.15) is 0 Å². The molecule has 0 saturated heterocycles. The minimum Gasteiger partial charge on any atom is -0.352 e. The maximum atomic E-state index is 11.9. The average molecular weight is 222 g/mol. The highest BCUT2D eigenvalue weighted by Crippen LogP contribution is 2.19. The molecule has 0 saturated carbocycles. The topological polar surface area (TPSA) is 34.0 Å². The van der Waals surface area contributed by atoms with Crippen LogP contribution in [-0.4, -0.2) is 17.0 Å². The van der Waals surface area contributed by atoms with Gasteiger partial charge < -0.3 is 9.88 Å². The third-order valence-electron chi connectivity index (χ3n) is 2.78. The first-order valence-electron chi connectivity index (χ1n) is 5.95. The first-order chi connectivity index (χ1) is 7.49. The fourth-order valence-corrected chi connectivity index (χ4v) is 2.14. The second-order valence-corrected chi connectivity index (χ2v) is 4.50. The van der Waals surface area contributed by atoms with Crippen LogP contribution in [-0.2, 0) is 0 Å². The summed E-state index contributed by atoms with van der Waals surface area (Å²) in [5.74, 6) is 0.0434. The molecule has 1 aromatic rings. The highest BCUT2D eigenvalue weighted by Gasteiger charge is 2.16. The van der Waals surface area contributed by atoms with Gasteiger partial charge in [-0.2, -0.15) is 0 Å². The molecule has 1 aromatic heterocycles. The predicted molar refractivity (Wildman–Crippen MR) is 66.9 cm³/mol. The lowest BCUT2D eigenvalue weighted by molar-refractivity contribution is 0.0953. The van der Waals surface area contributed by atoms with Crippen molar-refractivity contribution in [2.45, 2.75) is 47.1 Å². The summed E-state index contributed by atoms with van der Waals surface area (Å²) >= 11 is 0. The van der Waals surface area contributed by atoms with Crippen LogP contribution in [0.15, 0.2) is 6.07 Å². The van der Waals surface area contributed by atoms with E-state index in [1.807, 2.05) is 19.9 Å². The van der Waals surface area contributed by atoms with Gasteiger partial charge in [0.05, 0.1) is 5.56 Å². The predicted octanol–water partition coefficient (Wildman–Crippen LogP) is 2.83. The van der Waals surface area contributed by atoms with Crippen molar-refractivity contribution < 1.29 is 4.79 Å². The van der Waals surface area contributed by atoms with Crippen molar-refractivity contribution in [1.82, 2.24) is 9.88 Å². The Morgan fingerprint density at radius 2 is 2.06 bits per heavy atom. The lowest BCUT2D eigenvalue weighted by atomic mass is 10.2. The summed E-state index contributed by atoms with van der Waals surface area (Å²) in [5, 5.41) is 2.92. The summed E-state index contributed by atoms with van der Waals surface area (Å²) in [6, 6.07) is 2.37. The van der Waals surface area contributed by atoms with Crippen LogP contribution in [0.3, 0.4) is 0 Å². The van der Waals surface area contributed by atoms with E-state index < -0.39 is 0 Å². The van der Waals surface area contributed by atoms with Crippen LogP contribution in [0.5, 0.6) is 0 Å². The summed E-state index contributed by atoms with van der Waals surface area (Å²) in [7, 11) is 0. The summed E-state index contributed by atoms with van der Waals surface area (Å²) in [4.78, 5) is 11.9. The van der Waals surface area contributed by atoms with Gasteiger partial charge in [0.15, 0.2) is 0 Å². The van der Waals surface area contributed by atoms with Crippen LogP contribution >= 0.6 is 0 Å². The molecule has 0 spiro atoms. The Morgan fingerprint density at radius 1 is 1.44 bits per heavy atom. The van der Waals surface area contributed by atoms with Gasteiger partial charge in [-0.3, -0.25) is 4.79 Å². The molecule has 0 radical (unpaired) electrons. The molecule has 0 bridgehead atoms. The van der Waals surface area contributed by atoms with E-state index in [9.17, 15) is 4.79 Å². The second-order valence-electron chi connectivity index (χ2n) is 4.50. The maximum Gasteiger partial charge on any atom is 0.253 e. The molecule has 16 heavy (non-hydrogen) atoms. The van der Waals surface area contributed by atoms with E-state index in [4.69, 9.17) is 0 Å². The van der Waals surface area contributed by atoms with Gasteiger partial charge >= 0.3 is 0 Å². The highest BCUT2D eigenvalue weighted by atomic mass is 16.1. The first-order valence-corrected chi connectivity index (χ1v) is 5.95. The molecule has 90 valence electrons. The van der Waals surface area contributed by atoms with E-state index in [0.29, 0.717) is 6.04 Å². The fraction of sp³-hybridized carbons (Fsp3) is 0.615. The number of nitrogens with one attached hydrogen (secondary N) is 1. The number of aryl methyl sites for hydroxylation is 1. The molecular weight excluding hydrogens is 200 g/mol. The number of hydrogen-bond acceptors (Lipinski definition) is 1. The maximum absolute atomic E-state index is 11.9. The van der Waals surface area contributed by atoms with Crippen LogP contribution in [0, 0.1) is 13.8 Å². The molecule has 1 N–H and O–H groups in total. The van der Waals surface area contributed by atoms with Crippen LogP contribution in [0.2, 0.25) is 0 Å². The molecule has 0 aromatic carbocycles. The average Bonchev–Trinajstić information content (AvgIpc) is 2.50. The summed E-state index contributed by atoms with van der Waals surface area (Å²) < 4.78 is 2.20. The molecule has 3 heteroatoms. The van der Waals surface area contributed by atoms with Gasteiger partial charge in [-0.15, -0.1) is 0 Å². The van der Waals surface area contributed by atoms with Gasteiger partial charge in [0.25, 0.3) is 5.91 Å². The minimum absolute atomic E-state index is 0.0434. The zero-order chi connectivity index (χ0) is 12.3. The molecule has 0 aliphatic carbocycles. The number of carbonyl (C=O) groups is 1. The van der Waals surface area contributed by atoms with Gasteiger partial charge in [0, 0.05) is 24.0 Å². The van der Waals surface area contributed by atoms with E-state index in [1.54, 1.807) is 0 Å². The lowest BCUT2D eigenvalue weighted by Crippen LogP contribution is -2.24. The number of rotatable bonds is 4. The Labute approximate surface area is 97.8 Å². The number of carbonyl (C=O) groups excluding carboxylic acids is 1. The third kappa shape index (κ3) is 2.46. The van der Waals surface area contributed by atoms with E-state index >= 15 is 0 Å². The molecule has 0 atom stereocenters. The molecule has 0 aliphatic rings. The Balaban J connectivity index is 2.98. The summed E-state index contributed by atoms with van der Waals surface area (Å²) in [6.07, 6.45) is 0.967. The minimum atomic E-state index is 0.0434. The Morgan fingerprint density at radius 3 is 2.50 bits per heavy atom. The Hall–Kier alpha value is -1.25. The smallest absolute Gasteiger partial charge is 0.253 e. The molecule has 3 nitrogen and oxygen atoms in total. The van der Waals surface area contributed by atoms with Crippen LogP contribution in [0.25, 0.3) is 0 Å². The van der Waals surface area contributed by atoms with Crippen LogP contribution < -0.4 is 5.32 Å². The number of nitrogens with zero attached hydrogens (tertiary/aromatic N) is 1. The summed E-state index contributed by atoms with van der Waals surface area (Å²) in [5.41, 5.74) is 3.01. The van der Waals surface area contributed by atoms with Crippen molar-refractivity contribution in [2.24, 2.45) is 0 Å². The normalized spacial score (nSPS) is 10.9. The number of aromatic nitrogens is 1. The second kappa shape index (κ2) is 5.19. The molecule has 0 fully saturated rings. The zero-order valence-corrected chi connectivity index (χ0v) is 10.9. The molecule has 0 aliphatic heterocycles. The largest absolute Gasteiger partial charge is 0.352 e. The van der Waals surface area contributed by atoms with Crippen molar-refractivity contribution in [1.29, 1.82) is 0 Å².